The average Bonchev–Trinajstić information content (AvgIpc) is 3.11. The van der Waals surface area contributed by atoms with Crippen LogP contribution >= 0.6 is 0 Å². The van der Waals surface area contributed by atoms with E-state index in [0.717, 1.165) is 5.69 Å². The van der Waals surface area contributed by atoms with Gasteiger partial charge in [-0.15, -0.1) is 5.10 Å². The van der Waals surface area contributed by atoms with Crippen molar-refractivity contribution >= 4 is 17.5 Å². The molecule has 2 aromatic rings. The summed E-state index contributed by atoms with van der Waals surface area (Å²) >= 11 is 0. The topological polar surface area (TPSA) is 93.0 Å². The maximum absolute atomic E-state index is 12.1. The molecule has 0 bridgehead atoms. The molecular formula is C13H14N6O2. The molecule has 0 unspecified atom stereocenters. The predicted molar refractivity (Wildman–Crippen MR) is 73.5 cm³/mol. The maximum atomic E-state index is 12.1. The molecule has 3 rings (SSSR count). The van der Waals surface area contributed by atoms with E-state index in [4.69, 9.17) is 0 Å². The predicted octanol–water partition coefficient (Wildman–Crippen LogP) is 0.0791. The molecule has 21 heavy (non-hydrogen) atoms. The first-order chi connectivity index (χ1) is 10.1. The SMILES string of the molecule is CN1C[C@H](C(=O)Nc2ccc(-n3cnnn3)cc2)CC1=O. The van der Waals surface area contributed by atoms with E-state index in [9.17, 15) is 9.59 Å². The second-order valence-corrected chi connectivity index (χ2v) is 4.97. The fourth-order valence-corrected chi connectivity index (χ4v) is 2.26. The van der Waals surface area contributed by atoms with Gasteiger partial charge in [0, 0.05) is 25.7 Å². The Morgan fingerprint density at radius 2 is 2.10 bits per heavy atom. The standard InChI is InChI=1S/C13H14N6O2/c1-18-7-9(6-12(18)20)13(21)15-10-2-4-11(5-3-10)19-8-14-16-17-19/h2-5,8-9H,6-7H2,1H3,(H,15,21)/t9-/m1/s1. The van der Waals surface area contributed by atoms with Gasteiger partial charge in [-0.3, -0.25) is 9.59 Å². The zero-order valence-corrected chi connectivity index (χ0v) is 11.4. The van der Waals surface area contributed by atoms with E-state index in [1.54, 1.807) is 36.2 Å². The molecule has 1 aromatic carbocycles. The number of rotatable bonds is 3. The molecule has 1 saturated heterocycles. The molecule has 0 radical (unpaired) electrons. The van der Waals surface area contributed by atoms with E-state index < -0.39 is 0 Å². The van der Waals surface area contributed by atoms with Crippen LogP contribution in [0.1, 0.15) is 6.42 Å². The molecule has 1 fully saturated rings. The number of tetrazole rings is 1. The third-order valence-electron chi connectivity index (χ3n) is 3.46. The van der Waals surface area contributed by atoms with Gasteiger partial charge in [-0.1, -0.05) is 0 Å². The van der Waals surface area contributed by atoms with Gasteiger partial charge in [0.05, 0.1) is 11.6 Å². The van der Waals surface area contributed by atoms with Crippen LogP contribution in [0, 0.1) is 5.92 Å². The van der Waals surface area contributed by atoms with Gasteiger partial charge >= 0.3 is 0 Å². The lowest BCUT2D eigenvalue weighted by molar-refractivity contribution is -0.127. The third kappa shape index (κ3) is 2.73. The molecule has 8 heteroatoms. The van der Waals surface area contributed by atoms with Gasteiger partial charge < -0.3 is 10.2 Å². The van der Waals surface area contributed by atoms with Gasteiger partial charge in [0.15, 0.2) is 0 Å². The largest absolute Gasteiger partial charge is 0.345 e. The van der Waals surface area contributed by atoms with Crippen LogP contribution in [0.2, 0.25) is 0 Å². The minimum absolute atomic E-state index is 0.00387. The lowest BCUT2D eigenvalue weighted by Gasteiger charge is -2.11. The fraction of sp³-hybridized carbons (Fsp3) is 0.308. The molecule has 1 aliphatic heterocycles. The first-order valence-corrected chi connectivity index (χ1v) is 6.52. The summed E-state index contributed by atoms with van der Waals surface area (Å²) in [5.41, 5.74) is 1.48. The van der Waals surface area contributed by atoms with Gasteiger partial charge in [-0.05, 0) is 34.7 Å². The molecule has 2 amide bonds. The normalized spacial score (nSPS) is 18.0. The van der Waals surface area contributed by atoms with Crippen molar-refractivity contribution in [3.05, 3.63) is 30.6 Å². The molecule has 0 aliphatic carbocycles. The zero-order chi connectivity index (χ0) is 14.8. The van der Waals surface area contributed by atoms with Gasteiger partial charge in [-0.2, -0.15) is 0 Å². The van der Waals surface area contributed by atoms with Crippen LogP contribution in [0.15, 0.2) is 30.6 Å². The quantitative estimate of drug-likeness (QED) is 0.862. The van der Waals surface area contributed by atoms with E-state index >= 15 is 0 Å². The number of hydrogen-bond acceptors (Lipinski definition) is 5. The molecule has 1 atom stereocenters. The Labute approximate surface area is 120 Å². The molecular weight excluding hydrogens is 272 g/mol. The van der Waals surface area contributed by atoms with Crippen molar-refractivity contribution in [1.29, 1.82) is 0 Å². The summed E-state index contributed by atoms with van der Waals surface area (Å²) in [6, 6.07) is 7.15. The Hall–Kier alpha value is -2.77. The monoisotopic (exact) mass is 286 g/mol. The summed E-state index contributed by atoms with van der Waals surface area (Å²) in [4.78, 5) is 25.1. The summed E-state index contributed by atoms with van der Waals surface area (Å²) in [6.07, 6.45) is 1.76. The third-order valence-corrected chi connectivity index (χ3v) is 3.46. The van der Waals surface area contributed by atoms with Crippen LogP contribution < -0.4 is 5.32 Å². The van der Waals surface area contributed by atoms with Crippen LogP contribution in [0.4, 0.5) is 5.69 Å². The number of nitrogens with zero attached hydrogens (tertiary/aromatic N) is 5. The van der Waals surface area contributed by atoms with Crippen molar-refractivity contribution in [3.8, 4) is 5.69 Å². The van der Waals surface area contributed by atoms with E-state index in [2.05, 4.69) is 20.8 Å². The van der Waals surface area contributed by atoms with E-state index in [-0.39, 0.29) is 24.2 Å². The van der Waals surface area contributed by atoms with Gasteiger partial charge in [0.25, 0.3) is 0 Å². The van der Waals surface area contributed by atoms with Crippen LogP contribution in [-0.4, -0.2) is 50.5 Å². The highest BCUT2D eigenvalue weighted by molar-refractivity contribution is 5.97. The van der Waals surface area contributed by atoms with Crippen molar-refractivity contribution in [1.82, 2.24) is 25.1 Å². The number of amides is 2. The lowest BCUT2D eigenvalue weighted by Crippen LogP contribution is -2.25. The maximum Gasteiger partial charge on any atom is 0.229 e. The van der Waals surface area contributed by atoms with Crippen LogP contribution in [0.3, 0.4) is 0 Å². The summed E-state index contributed by atoms with van der Waals surface area (Å²) in [5.74, 6) is -0.422. The zero-order valence-electron chi connectivity index (χ0n) is 11.4. The Bertz CT molecular complexity index is 652. The average molecular weight is 286 g/mol. The summed E-state index contributed by atoms with van der Waals surface area (Å²) < 4.78 is 1.52. The Balaban J connectivity index is 1.65. The minimum atomic E-state index is -0.290. The molecule has 1 N–H and O–H groups in total. The second kappa shape index (κ2) is 5.31. The molecule has 108 valence electrons. The number of carbonyl (C=O) groups excluding carboxylic acids is 2. The van der Waals surface area contributed by atoms with E-state index in [1.165, 1.54) is 11.0 Å². The number of hydrogen-bond donors (Lipinski definition) is 1. The Kier molecular flexibility index (Phi) is 3.35. The van der Waals surface area contributed by atoms with Crippen molar-refractivity contribution in [3.63, 3.8) is 0 Å². The van der Waals surface area contributed by atoms with Crippen molar-refractivity contribution < 1.29 is 9.59 Å². The molecule has 1 aromatic heterocycles. The number of benzene rings is 1. The first-order valence-electron chi connectivity index (χ1n) is 6.52. The van der Waals surface area contributed by atoms with Crippen molar-refractivity contribution in [2.75, 3.05) is 18.9 Å². The highest BCUT2D eigenvalue weighted by Crippen LogP contribution is 2.19. The number of nitrogens with one attached hydrogen (secondary N) is 1. The number of aromatic nitrogens is 4. The first kappa shape index (κ1) is 13.2. The molecule has 0 spiro atoms. The van der Waals surface area contributed by atoms with Crippen LogP contribution in [0.5, 0.6) is 0 Å². The number of carbonyl (C=O) groups is 2. The minimum Gasteiger partial charge on any atom is -0.345 e. The molecule has 1 aliphatic rings. The highest BCUT2D eigenvalue weighted by atomic mass is 16.2. The van der Waals surface area contributed by atoms with E-state index in [0.29, 0.717) is 12.2 Å². The second-order valence-electron chi connectivity index (χ2n) is 4.97. The number of anilines is 1. The fourth-order valence-electron chi connectivity index (χ4n) is 2.26. The molecule has 2 heterocycles. The van der Waals surface area contributed by atoms with Crippen molar-refractivity contribution in [2.45, 2.75) is 6.42 Å². The smallest absolute Gasteiger partial charge is 0.229 e. The van der Waals surface area contributed by atoms with Crippen molar-refractivity contribution in [2.24, 2.45) is 5.92 Å². The summed E-state index contributed by atoms with van der Waals surface area (Å²) in [6.45, 7) is 0.466. The van der Waals surface area contributed by atoms with Gasteiger partial charge in [0.1, 0.15) is 6.33 Å². The Morgan fingerprint density at radius 3 is 2.67 bits per heavy atom. The lowest BCUT2D eigenvalue weighted by atomic mass is 10.1. The van der Waals surface area contributed by atoms with E-state index in [1.807, 2.05) is 0 Å². The summed E-state index contributed by atoms with van der Waals surface area (Å²) in [5, 5.41) is 13.7. The van der Waals surface area contributed by atoms with Gasteiger partial charge in [-0.25, -0.2) is 4.68 Å². The Morgan fingerprint density at radius 1 is 1.33 bits per heavy atom. The summed E-state index contributed by atoms with van der Waals surface area (Å²) in [7, 11) is 1.70. The molecule has 8 nitrogen and oxygen atoms in total. The van der Waals surface area contributed by atoms with Crippen LogP contribution in [-0.2, 0) is 9.59 Å². The number of likely N-dealkylation sites (tertiary alicyclic amines) is 1. The highest BCUT2D eigenvalue weighted by Gasteiger charge is 2.32. The van der Waals surface area contributed by atoms with Gasteiger partial charge in [0.2, 0.25) is 11.8 Å². The van der Waals surface area contributed by atoms with Crippen LogP contribution in [0.25, 0.3) is 5.69 Å². The molecule has 0 saturated carbocycles.